The molecule has 0 saturated heterocycles. The molecule has 214 valence electrons. The Morgan fingerprint density at radius 1 is 1.00 bits per heavy atom. The number of carbonyl (C=O) groups is 2. The molecule has 0 bridgehead atoms. The zero-order valence-electron chi connectivity index (χ0n) is 23.7. The first-order chi connectivity index (χ1) is 20.9. The molecule has 1 saturated carbocycles. The van der Waals surface area contributed by atoms with Gasteiger partial charge in [-0.3, -0.25) is 14.5 Å². The van der Waals surface area contributed by atoms with E-state index in [-0.39, 0.29) is 17.5 Å². The minimum absolute atomic E-state index is 0.00437. The maximum absolute atomic E-state index is 13.9. The van der Waals surface area contributed by atoms with E-state index >= 15 is 0 Å². The summed E-state index contributed by atoms with van der Waals surface area (Å²) in [4.78, 5) is 28.4. The molecule has 0 spiro atoms. The molecule has 2 aliphatic rings. The van der Waals surface area contributed by atoms with Crippen LogP contribution < -0.4 is 4.74 Å². The number of halogens is 1. The Kier molecular flexibility index (Phi) is 7.95. The second-order valence-electron chi connectivity index (χ2n) is 10.7. The van der Waals surface area contributed by atoms with Crippen LogP contribution in [0.5, 0.6) is 5.75 Å². The van der Waals surface area contributed by atoms with E-state index in [4.69, 9.17) is 21.4 Å². The standard InChI is InChI=1S/C35H29ClN4O3/c1-23-30(34(41)40(28-14-6-7-15-28)35(42)31(23)20-37)19-26-21-39(27-12-3-2-4-13-27)38-33(26)24-11-9-16-29(18-24)43-22-25-10-5-8-17-32(25)36/h2-5,8-13,16-19,21,28H,6-7,14-15,22H2,1H3/b30-19+. The van der Waals surface area contributed by atoms with Gasteiger partial charge >= 0.3 is 0 Å². The molecule has 0 radical (unpaired) electrons. The van der Waals surface area contributed by atoms with Gasteiger partial charge in [-0.05, 0) is 61.7 Å². The van der Waals surface area contributed by atoms with Gasteiger partial charge in [-0.25, -0.2) is 4.68 Å². The van der Waals surface area contributed by atoms with Crippen LogP contribution in [-0.4, -0.2) is 32.5 Å². The molecular weight excluding hydrogens is 560 g/mol. The molecular formula is C35H29ClN4O3. The number of amides is 2. The van der Waals surface area contributed by atoms with Crippen molar-refractivity contribution in [1.29, 1.82) is 5.26 Å². The molecule has 43 heavy (non-hydrogen) atoms. The van der Waals surface area contributed by atoms with Crippen LogP contribution >= 0.6 is 11.6 Å². The fourth-order valence-electron chi connectivity index (χ4n) is 5.69. The molecule has 3 aromatic carbocycles. The van der Waals surface area contributed by atoms with Gasteiger partial charge in [-0.1, -0.05) is 73.0 Å². The van der Waals surface area contributed by atoms with Crippen molar-refractivity contribution in [2.24, 2.45) is 0 Å². The Balaban J connectivity index is 1.43. The van der Waals surface area contributed by atoms with Crippen molar-refractivity contribution in [3.63, 3.8) is 0 Å². The predicted molar refractivity (Wildman–Crippen MR) is 165 cm³/mol. The first-order valence-corrected chi connectivity index (χ1v) is 14.6. The summed E-state index contributed by atoms with van der Waals surface area (Å²) in [7, 11) is 0. The second kappa shape index (κ2) is 12.1. The number of para-hydroxylation sites is 1. The van der Waals surface area contributed by atoms with E-state index in [1.165, 1.54) is 4.90 Å². The van der Waals surface area contributed by atoms with Crippen molar-refractivity contribution < 1.29 is 14.3 Å². The Labute approximate surface area is 255 Å². The average Bonchev–Trinajstić information content (AvgIpc) is 3.71. The lowest BCUT2D eigenvalue weighted by Crippen LogP contribution is -2.47. The minimum Gasteiger partial charge on any atom is -0.489 e. The molecule has 1 aliphatic heterocycles. The Bertz CT molecular complexity index is 1810. The molecule has 4 aromatic rings. The molecule has 2 amide bonds. The lowest BCUT2D eigenvalue weighted by molar-refractivity contribution is -0.143. The van der Waals surface area contributed by atoms with Gasteiger partial charge in [-0.2, -0.15) is 10.4 Å². The van der Waals surface area contributed by atoms with E-state index in [9.17, 15) is 14.9 Å². The summed E-state index contributed by atoms with van der Waals surface area (Å²) in [6, 6.07) is 26.7. The number of aromatic nitrogens is 2. The molecule has 2 heterocycles. The van der Waals surface area contributed by atoms with Crippen molar-refractivity contribution in [2.75, 3.05) is 0 Å². The van der Waals surface area contributed by atoms with Gasteiger partial charge in [0.05, 0.1) is 5.69 Å². The van der Waals surface area contributed by atoms with Gasteiger partial charge < -0.3 is 4.74 Å². The lowest BCUT2D eigenvalue weighted by atomic mass is 9.92. The SMILES string of the molecule is CC1=C(C#N)C(=O)N(C2CCCC2)C(=O)/C1=C/c1cn(-c2ccccc2)nc1-c1cccc(OCc2ccccc2Cl)c1. The monoisotopic (exact) mass is 588 g/mol. The quantitative estimate of drug-likeness (QED) is 0.167. The smallest absolute Gasteiger partial charge is 0.271 e. The van der Waals surface area contributed by atoms with E-state index in [0.29, 0.717) is 39.8 Å². The molecule has 7 nitrogen and oxygen atoms in total. The van der Waals surface area contributed by atoms with Crippen LogP contribution in [0.15, 0.2) is 102 Å². The van der Waals surface area contributed by atoms with Crippen LogP contribution in [-0.2, 0) is 16.2 Å². The summed E-state index contributed by atoms with van der Waals surface area (Å²) in [6.45, 7) is 1.97. The van der Waals surface area contributed by atoms with Gasteiger partial charge in [0.15, 0.2) is 0 Å². The summed E-state index contributed by atoms with van der Waals surface area (Å²) >= 11 is 6.32. The van der Waals surface area contributed by atoms with Crippen LogP contribution in [0.25, 0.3) is 23.0 Å². The zero-order chi connectivity index (χ0) is 29.9. The third-order valence-corrected chi connectivity index (χ3v) is 8.35. The average molecular weight is 589 g/mol. The molecule has 1 fully saturated rings. The normalized spacial score (nSPS) is 16.7. The highest BCUT2D eigenvalue weighted by atomic mass is 35.5. The molecule has 0 N–H and O–H groups in total. The Morgan fingerprint density at radius 3 is 2.49 bits per heavy atom. The number of hydrogen-bond acceptors (Lipinski definition) is 5. The zero-order valence-corrected chi connectivity index (χ0v) is 24.4. The van der Waals surface area contributed by atoms with Crippen LogP contribution in [0.1, 0.15) is 43.7 Å². The van der Waals surface area contributed by atoms with Crippen molar-refractivity contribution >= 4 is 29.5 Å². The Morgan fingerprint density at radius 2 is 1.74 bits per heavy atom. The second-order valence-corrected chi connectivity index (χ2v) is 11.1. The Hall–Kier alpha value is -4.93. The van der Waals surface area contributed by atoms with Gasteiger partial charge in [0, 0.05) is 39.5 Å². The predicted octanol–water partition coefficient (Wildman–Crippen LogP) is 7.31. The van der Waals surface area contributed by atoms with E-state index in [2.05, 4.69) is 6.07 Å². The molecule has 1 aliphatic carbocycles. The summed E-state index contributed by atoms with van der Waals surface area (Å²) in [5.74, 6) is -0.235. The number of nitriles is 1. The lowest BCUT2D eigenvalue weighted by Gasteiger charge is -2.32. The highest BCUT2D eigenvalue weighted by molar-refractivity contribution is 6.31. The molecule has 0 atom stereocenters. The van der Waals surface area contributed by atoms with Crippen molar-refractivity contribution in [3.05, 3.63) is 118 Å². The third kappa shape index (κ3) is 5.62. The van der Waals surface area contributed by atoms with E-state index in [0.717, 1.165) is 42.5 Å². The number of imide groups is 1. The molecule has 0 unspecified atom stereocenters. The number of nitrogens with zero attached hydrogens (tertiary/aromatic N) is 4. The van der Waals surface area contributed by atoms with Gasteiger partial charge in [0.25, 0.3) is 11.8 Å². The number of hydrogen-bond donors (Lipinski definition) is 0. The van der Waals surface area contributed by atoms with Crippen LogP contribution in [0, 0.1) is 11.3 Å². The fraction of sp³-hybridized carbons (Fsp3) is 0.200. The van der Waals surface area contributed by atoms with Gasteiger partial charge in [0.2, 0.25) is 0 Å². The molecule has 1 aromatic heterocycles. The highest BCUT2D eigenvalue weighted by Gasteiger charge is 2.40. The topological polar surface area (TPSA) is 88.2 Å². The van der Waals surface area contributed by atoms with E-state index in [1.807, 2.05) is 85.1 Å². The summed E-state index contributed by atoms with van der Waals surface area (Å²) in [5, 5.41) is 15.4. The first kappa shape index (κ1) is 28.2. The maximum Gasteiger partial charge on any atom is 0.271 e. The van der Waals surface area contributed by atoms with Crippen LogP contribution in [0.4, 0.5) is 0 Å². The fourth-order valence-corrected chi connectivity index (χ4v) is 5.88. The third-order valence-electron chi connectivity index (χ3n) is 7.99. The largest absolute Gasteiger partial charge is 0.489 e. The van der Waals surface area contributed by atoms with Gasteiger partial charge in [-0.15, -0.1) is 0 Å². The van der Waals surface area contributed by atoms with Crippen LogP contribution in [0.3, 0.4) is 0 Å². The summed E-state index contributed by atoms with van der Waals surface area (Å²) in [6.07, 6.45) is 7.02. The first-order valence-electron chi connectivity index (χ1n) is 14.3. The van der Waals surface area contributed by atoms with E-state index < -0.39 is 5.91 Å². The van der Waals surface area contributed by atoms with Crippen molar-refractivity contribution in [3.8, 4) is 28.8 Å². The summed E-state index contributed by atoms with van der Waals surface area (Å²) in [5.41, 5.74) is 4.51. The van der Waals surface area contributed by atoms with Crippen molar-refractivity contribution in [2.45, 2.75) is 45.3 Å². The number of benzene rings is 3. The maximum atomic E-state index is 13.9. The highest BCUT2D eigenvalue weighted by Crippen LogP contribution is 2.35. The van der Waals surface area contributed by atoms with Gasteiger partial charge in [0.1, 0.15) is 29.7 Å². The minimum atomic E-state index is -0.502. The number of carbonyl (C=O) groups excluding carboxylic acids is 2. The summed E-state index contributed by atoms with van der Waals surface area (Å²) < 4.78 is 7.85. The molecule has 6 rings (SSSR count). The van der Waals surface area contributed by atoms with Crippen LogP contribution in [0.2, 0.25) is 5.02 Å². The van der Waals surface area contributed by atoms with Crippen molar-refractivity contribution in [1.82, 2.24) is 14.7 Å². The number of rotatable bonds is 7. The van der Waals surface area contributed by atoms with E-state index in [1.54, 1.807) is 17.7 Å². The number of ether oxygens (including phenoxy) is 1. The molecule has 8 heteroatoms.